The third-order valence-electron chi connectivity index (χ3n) is 5.44. The number of benzene rings is 2. The van der Waals surface area contributed by atoms with Gasteiger partial charge in [-0.25, -0.2) is 4.79 Å². The monoisotopic (exact) mass is 636 g/mol. The summed E-state index contributed by atoms with van der Waals surface area (Å²) in [5, 5.41) is 13.7. The van der Waals surface area contributed by atoms with Crippen molar-refractivity contribution in [3.63, 3.8) is 0 Å². The zero-order valence-electron chi connectivity index (χ0n) is 20.9. The predicted molar refractivity (Wildman–Crippen MR) is 153 cm³/mol. The van der Waals surface area contributed by atoms with E-state index in [2.05, 4.69) is 21.2 Å². The summed E-state index contributed by atoms with van der Waals surface area (Å²) in [4.78, 5) is 26.3. The van der Waals surface area contributed by atoms with E-state index in [9.17, 15) is 14.9 Å². The number of esters is 1. The molecule has 0 saturated heterocycles. The molecule has 1 aromatic heterocycles. The smallest absolute Gasteiger partial charge is 0.341 e. The quantitative estimate of drug-likeness (QED) is 0.146. The van der Waals surface area contributed by atoms with E-state index in [0.29, 0.717) is 42.1 Å². The Bertz CT molecular complexity index is 1460. The zero-order valence-corrected chi connectivity index (χ0v) is 24.8. The highest BCUT2D eigenvalue weighted by Gasteiger charge is 2.23. The summed E-state index contributed by atoms with van der Waals surface area (Å²) in [6, 6.07) is 10.3. The summed E-state index contributed by atoms with van der Waals surface area (Å²) < 4.78 is 17.1. The Balaban J connectivity index is 1.86. The largest absolute Gasteiger partial charge is 0.493 e. The number of nitrogens with zero attached hydrogens (tertiary/aromatic N) is 1. The molecule has 2 aromatic carbocycles. The number of anilines is 1. The second-order valence-corrected chi connectivity index (χ2v) is 10.8. The molecular weight excluding hydrogens is 615 g/mol. The fourth-order valence-electron chi connectivity index (χ4n) is 3.37. The van der Waals surface area contributed by atoms with Gasteiger partial charge in [0, 0.05) is 25.0 Å². The van der Waals surface area contributed by atoms with Crippen LogP contribution in [0.15, 0.2) is 40.4 Å². The van der Waals surface area contributed by atoms with Crippen LogP contribution in [-0.2, 0) is 16.1 Å². The zero-order chi connectivity index (χ0) is 28.0. The van der Waals surface area contributed by atoms with Crippen LogP contribution in [0.25, 0.3) is 6.08 Å². The molecule has 3 rings (SSSR count). The molecule has 1 heterocycles. The topological polar surface area (TPSA) is 97.7 Å². The molecule has 0 fully saturated rings. The maximum absolute atomic E-state index is 13.0. The number of aryl methyl sites for hydroxylation is 1. The van der Waals surface area contributed by atoms with Crippen molar-refractivity contribution < 1.29 is 23.8 Å². The lowest BCUT2D eigenvalue weighted by Gasteiger charge is -2.14. The number of methoxy groups -OCH3 is 1. The standard InChI is InChI=1S/C27H23BrCl2N2O5S/c1-5-36-27(34)24-14(2)15(3)38-26(24)32-25(33)18(12-31)8-17-9-22(35-4)23(11-20(17)28)37-13-16-6-7-19(29)10-21(16)30/h6-11H,5,13H2,1-4H3,(H,32,33). The number of hydrogen-bond donors (Lipinski definition) is 1. The van der Waals surface area contributed by atoms with Crippen LogP contribution < -0.4 is 14.8 Å². The minimum absolute atomic E-state index is 0.169. The van der Waals surface area contributed by atoms with Gasteiger partial charge in [-0.05, 0) is 62.2 Å². The number of nitriles is 1. The van der Waals surface area contributed by atoms with Crippen LogP contribution >= 0.6 is 50.5 Å². The van der Waals surface area contributed by atoms with Crippen molar-refractivity contribution >= 4 is 73.4 Å². The van der Waals surface area contributed by atoms with E-state index in [4.69, 9.17) is 37.4 Å². The Morgan fingerprint density at radius 2 is 1.92 bits per heavy atom. The normalized spacial score (nSPS) is 11.1. The molecule has 0 aliphatic heterocycles. The fourth-order valence-corrected chi connectivity index (χ4v) is 5.31. The first-order valence-corrected chi connectivity index (χ1v) is 13.6. The number of halogens is 3. The van der Waals surface area contributed by atoms with E-state index in [1.165, 1.54) is 24.5 Å². The second-order valence-electron chi connectivity index (χ2n) is 7.88. The lowest BCUT2D eigenvalue weighted by atomic mass is 10.1. The van der Waals surface area contributed by atoms with Gasteiger partial charge in [0.05, 0.1) is 19.3 Å². The van der Waals surface area contributed by atoms with Gasteiger partial charge in [-0.3, -0.25) is 4.79 Å². The van der Waals surface area contributed by atoms with Crippen LogP contribution in [0, 0.1) is 25.2 Å². The minimum atomic E-state index is -0.664. The second kappa shape index (κ2) is 13.2. The molecule has 0 radical (unpaired) electrons. The summed E-state index contributed by atoms with van der Waals surface area (Å²) in [5.41, 5.74) is 2.07. The van der Waals surface area contributed by atoms with Crippen molar-refractivity contribution in [1.29, 1.82) is 5.26 Å². The Morgan fingerprint density at radius 3 is 2.55 bits per heavy atom. The number of carbonyl (C=O) groups excluding carboxylic acids is 2. The van der Waals surface area contributed by atoms with Gasteiger partial charge in [0.15, 0.2) is 11.5 Å². The van der Waals surface area contributed by atoms with Gasteiger partial charge >= 0.3 is 5.97 Å². The highest BCUT2D eigenvalue weighted by atomic mass is 79.9. The number of ether oxygens (including phenoxy) is 3. The molecule has 1 N–H and O–H groups in total. The molecule has 0 spiro atoms. The number of rotatable bonds is 9. The molecule has 0 aliphatic carbocycles. The third kappa shape index (κ3) is 6.88. The Kier molecular flexibility index (Phi) is 10.2. The molecule has 0 bridgehead atoms. The Hall–Kier alpha value is -3.03. The van der Waals surface area contributed by atoms with E-state index in [-0.39, 0.29) is 24.4 Å². The molecule has 198 valence electrons. The van der Waals surface area contributed by atoms with Crippen LogP contribution in [-0.4, -0.2) is 25.6 Å². The van der Waals surface area contributed by atoms with Crippen molar-refractivity contribution in [2.24, 2.45) is 0 Å². The first-order chi connectivity index (χ1) is 18.1. The van der Waals surface area contributed by atoms with Crippen LogP contribution in [0.3, 0.4) is 0 Å². The summed E-state index contributed by atoms with van der Waals surface area (Å²) in [6.07, 6.45) is 1.42. The SMILES string of the molecule is CCOC(=O)c1c(NC(=O)C(C#N)=Cc2cc(OC)c(OCc3ccc(Cl)cc3Cl)cc2Br)sc(C)c1C. The number of thiophene rings is 1. The maximum atomic E-state index is 13.0. The van der Waals surface area contributed by atoms with Gasteiger partial charge in [-0.1, -0.05) is 45.2 Å². The van der Waals surface area contributed by atoms with E-state index in [0.717, 1.165) is 10.4 Å². The van der Waals surface area contributed by atoms with E-state index in [1.807, 2.05) is 13.0 Å². The van der Waals surface area contributed by atoms with Crippen LogP contribution in [0.4, 0.5) is 5.00 Å². The molecule has 3 aromatic rings. The van der Waals surface area contributed by atoms with Crippen molar-refractivity contribution in [2.75, 3.05) is 19.0 Å². The molecule has 0 aliphatic rings. The first kappa shape index (κ1) is 29.5. The van der Waals surface area contributed by atoms with Crippen LogP contribution in [0.2, 0.25) is 10.0 Å². The van der Waals surface area contributed by atoms with E-state index < -0.39 is 11.9 Å². The van der Waals surface area contributed by atoms with Crippen LogP contribution in [0.5, 0.6) is 11.5 Å². The predicted octanol–water partition coefficient (Wildman–Crippen LogP) is 7.74. The first-order valence-electron chi connectivity index (χ1n) is 11.2. The van der Waals surface area contributed by atoms with Crippen LogP contribution in [0.1, 0.15) is 38.8 Å². The van der Waals surface area contributed by atoms with E-state index in [1.54, 1.807) is 44.2 Å². The highest BCUT2D eigenvalue weighted by Crippen LogP contribution is 2.36. The molecule has 7 nitrogen and oxygen atoms in total. The summed E-state index contributed by atoms with van der Waals surface area (Å²) in [7, 11) is 1.48. The molecule has 38 heavy (non-hydrogen) atoms. The maximum Gasteiger partial charge on any atom is 0.341 e. The van der Waals surface area contributed by atoms with E-state index >= 15 is 0 Å². The summed E-state index contributed by atoms with van der Waals surface area (Å²) in [6.45, 7) is 5.70. The Morgan fingerprint density at radius 1 is 1.18 bits per heavy atom. The lowest BCUT2D eigenvalue weighted by Crippen LogP contribution is -2.16. The third-order valence-corrected chi connectivity index (χ3v) is 7.83. The molecule has 0 unspecified atom stereocenters. The van der Waals surface area contributed by atoms with Crippen molar-refractivity contribution in [2.45, 2.75) is 27.4 Å². The van der Waals surface area contributed by atoms with Gasteiger partial charge < -0.3 is 19.5 Å². The molecule has 11 heteroatoms. The minimum Gasteiger partial charge on any atom is -0.493 e. The average Bonchev–Trinajstić information content (AvgIpc) is 3.15. The molecule has 0 saturated carbocycles. The van der Waals surface area contributed by atoms with Crippen molar-refractivity contribution in [3.05, 3.63) is 77.6 Å². The molecule has 1 amide bonds. The summed E-state index contributed by atoms with van der Waals surface area (Å²) in [5.74, 6) is -0.386. The number of hydrogen-bond acceptors (Lipinski definition) is 7. The van der Waals surface area contributed by atoms with Gasteiger partial charge in [0.25, 0.3) is 5.91 Å². The fraction of sp³-hybridized carbons (Fsp3) is 0.222. The number of carbonyl (C=O) groups is 2. The lowest BCUT2D eigenvalue weighted by molar-refractivity contribution is -0.112. The van der Waals surface area contributed by atoms with Crippen molar-refractivity contribution in [1.82, 2.24) is 0 Å². The highest BCUT2D eigenvalue weighted by molar-refractivity contribution is 9.10. The number of amides is 1. The number of nitrogens with one attached hydrogen (secondary N) is 1. The average molecular weight is 638 g/mol. The summed E-state index contributed by atoms with van der Waals surface area (Å²) >= 11 is 16.9. The van der Waals surface area contributed by atoms with Gasteiger partial charge in [-0.15, -0.1) is 11.3 Å². The van der Waals surface area contributed by atoms with Gasteiger partial charge in [0.2, 0.25) is 0 Å². The van der Waals surface area contributed by atoms with Gasteiger partial charge in [-0.2, -0.15) is 5.26 Å². The van der Waals surface area contributed by atoms with Crippen molar-refractivity contribution in [3.8, 4) is 17.6 Å². The van der Waals surface area contributed by atoms with Gasteiger partial charge in [0.1, 0.15) is 23.3 Å². The Labute approximate surface area is 243 Å². The molecular formula is C27H23BrCl2N2O5S. The molecule has 0 atom stereocenters.